The molecule has 0 aliphatic carbocycles. The monoisotopic (exact) mass is 284 g/mol. The molecule has 1 atom stereocenters. The number of carbonyl (C=O) groups excluding carboxylic acids is 1. The average Bonchev–Trinajstić information content (AvgIpc) is 2.81. The van der Waals surface area contributed by atoms with Crippen LogP contribution in [0.2, 0.25) is 0 Å². The molecule has 3 N–H and O–H groups in total. The van der Waals surface area contributed by atoms with Crippen molar-refractivity contribution in [1.29, 1.82) is 0 Å². The van der Waals surface area contributed by atoms with E-state index in [4.69, 9.17) is 5.11 Å². The van der Waals surface area contributed by atoms with Gasteiger partial charge in [-0.05, 0) is 25.0 Å². The molecular formula is C13H20N2O3S. The van der Waals surface area contributed by atoms with Crippen LogP contribution in [0.5, 0.6) is 0 Å². The number of hydrogen-bond acceptors (Lipinski definition) is 4. The molecule has 6 heteroatoms. The number of thiophene rings is 1. The Morgan fingerprint density at radius 2 is 2.00 bits per heavy atom. The average molecular weight is 284 g/mol. The number of nitrogens with one attached hydrogen (secondary N) is 2. The maximum absolute atomic E-state index is 11.7. The summed E-state index contributed by atoms with van der Waals surface area (Å²) >= 11 is 1.22. The second-order valence-corrected chi connectivity index (χ2v) is 5.98. The van der Waals surface area contributed by atoms with Gasteiger partial charge >= 0.3 is 5.97 Å². The third kappa shape index (κ3) is 5.40. The fourth-order valence-corrected chi connectivity index (χ4v) is 2.19. The zero-order valence-corrected chi connectivity index (χ0v) is 12.2. The van der Waals surface area contributed by atoms with Crippen LogP contribution in [0.4, 0.5) is 0 Å². The number of hydrogen-bond donors (Lipinski definition) is 3. The second-order valence-electron chi connectivity index (χ2n) is 4.81. The highest BCUT2D eigenvalue weighted by atomic mass is 32.1. The smallest absolute Gasteiger partial charge is 0.345 e. The molecule has 1 rings (SSSR count). The Hall–Kier alpha value is -1.40. The zero-order valence-electron chi connectivity index (χ0n) is 11.4. The third-order valence-electron chi connectivity index (χ3n) is 2.53. The van der Waals surface area contributed by atoms with E-state index in [0.717, 1.165) is 4.88 Å². The highest BCUT2D eigenvalue weighted by Crippen LogP contribution is 2.16. The molecule has 0 aliphatic rings. The van der Waals surface area contributed by atoms with Gasteiger partial charge in [0.2, 0.25) is 5.91 Å². The number of carboxylic acids is 1. The summed E-state index contributed by atoms with van der Waals surface area (Å²) in [5.41, 5.74) is 0. The van der Waals surface area contributed by atoms with Crippen LogP contribution in [-0.2, 0) is 11.3 Å². The number of carbonyl (C=O) groups is 2. The quantitative estimate of drug-likeness (QED) is 0.712. The van der Waals surface area contributed by atoms with Crippen molar-refractivity contribution in [3.8, 4) is 0 Å². The summed E-state index contributed by atoms with van der Waals surface area (Å²) in [6.07, 6.45) is 0. The molecule has 0 radical (unpaired) electrons. The van der Waals surface area contributed by atoms with Crippen LogP contribution in [0, 0.1) is 5.92 Å². The maximum atomic E-state index is 11.7. The molecule has 0 bridgehead atoms. The Kier molecular flexibility index (Phi) is 5.98. The lowest BCUT2D eigenvalue weighted by atomic mass is 10.2. The summed E-state index contributed by atoms with van der Waals surface area (Å²) in [5, 5.41) is 14.7. The van der Waals surface area contributed by atoms with Gasteiger partial charge in [0.15, 0.2) is 0 Å². The van der Waals surface area contributed by atoms with E-state index < -0.39 is 5.97 Å². The van der Waals surface area contributed by atoms with Crippen LogP contribution >= 0.6 is 11.3 Å². The van der Waals surface area contributed by atoms with Gasteiger partial charge in [-0.15, -0.1) is 11.3 Å². The van der Waals surface area contributed by atoms with Gasteiger partial charge in [-0.2, -0.15) is 0 Å². The first kappa shape index (κ1) is 15.7. The van der Waals surface area contributed by atoms with Gasteiger partial charge in [0.1, 0.15) is 4.88 Å². The second kappa shape index (κ2) is 7.25. The van der Waals surface area contributed by atoms with E-state index in [2.05, 4.69) is 10.6 Å². The lowest BCUT2D eigenvalue weighted by Crippen LogP contribution is -2.42. The van der Waals surface area contributed by atoms with Crippen molar-refractivity contribution in [2.75, 3.05) is 6.54 Å². The largest absolute Gasteiger partial charge is 0.477 e. The topological polar surface area (TPSA) is 78.4 Å². The Morgan fingerprint density at radius 1 is 1.32 bits per heavy atom. The van der Waals surface area contributed by atoms with Gasteiger partial charge in [0, 0.05) is 18.0 Å². The highest BCUT2D eigenvalue weighted by molar-refractivity contribution is 7.13. The minimum absolute atomic E-state index is 0.0382. The zero-order chi connectivity index (χ0) is 14.4. The van der Waals surface area contributed by atoms with Crippen molar-refractivity contribution < 1.29 is 14.7 Å². The van der Waals surface area contributed by atoms with Crippen LogP contribution in [0.15, 0.2) is 12.1 Å². The summed E-state index contributed by atoms with van der Waals surface area (Å²) < 4.78 is 0. The van der Waals surface area contributed by atoms with E-state index in [-0.39, 0.29) is 11.9 Å². The fraction of sp³-hybridized carbons (Fsp3) is 0.538. The number of aromatic carboxylic acids is 1. The molecule has 0 spiro atoms. The number of amides is 1. The van der Waals surface area contributed by atoms with Gasteiger partial charge in [-0.1, -0.05) is 13.8 Å². The normalized spacial score (nSPS) is 12.4. The standard InChI is InChI=1S/C13H20N2O3S/c1-8(2)6-15-12(16)9(3)14-7-10-4-5-11(19-10)13(17)18/h4-5,8-9,14H,6-7H2,1-3H3,(H,15,16)(H,17,18). The molecule has 0 fully saturated rings. The predicted molar refractivity (Wildman–Crippen MR) is 75.4 cm³/mol. The number of carboxylic acid groups (broad SMARTS) is 1. The molecule has 19 heavy (non-hydrogen) atoms. The number of rotatable bonds is 7. The van der Waals surface area contributed by atoms with E-state index in [1.807, 2.05) is 13.8 Å². The van der Waals surface area contributed by atoms with Crippen molar-refractivity contribution in [2.45, 2.75) is 33.4 Å². The SMILES string of the molecule is CC(C)CNC(=O)C(C)NCc1ccc(C(=O)O)s1. The van der Waals surface area contributed by atoms with Gasteiger partial charge in [0.05, 0.1) is 6.04 Å². The van der Waals surface area contributed by atoms with Crippen molar-refractivity contribution in [3.63, 3.8) is 0 Å². The molecule has 0 saturated carbocycles. The molecule has 0 saturated heterocycles. The lowest BCUT2D eigenvalue weighted by molar-refractivity contribution is -0.122. The van der Waals surface area contributed by atoms with Crippen molar-refractivity contribution in [3.05, 3.63) is 21.9 Å². The Morgan fingerprint density at radius 3 is 2.53 bits per heavy atom. The lowest BCUT2D eigenvalue weighted by Gasteiger charge is -2.14. The first-order valence-corrected chi connectivity index (χ1v) is 7.05. The first-order chi connectivity index (χ1) is 8.90. The van der Waals surface area contributed by atoms with E-state index in [9.17, 15) is 9.59 Å². The summed E-state index contributed by atoms with van der Waals surface area (Å²) in [6, 6.07) is 3.04. The van der Waals surface area contributed by atoms with Gasteiger partial charge in [-0.3, -0.25) is 4.79 Å². The summed E-state index contributed by atoms with van der Waals surface area (Å²) in [7, 11) is 0. The van der Waals surface area contributed by atoms with Crippen LogP contribution in [0.1, 0.15) is 35.3 Å². The molecule has 1 aromatic heterocycles. The van der Waals surface area contributed by atoms with Gasteiger partial charge < -0.3 is 15.7 Å². The van der Waals surface area contributed by atoms with Crippen LogP contribution < -0.4 is 10.6 Å². The minimum atomic E-state index is -0.918. The van der Waals surface area contributed by atoms with Gasteiger partial charge in [-0.25, -0.2) is 4.79 Å². The van der Waals surface area contributed by atoms with Crippen molar-refractivity contribution in [2.24, 2.45) is 5.92 Å². The van der Waals surface area contributed by atoms with E-state index in [1.54, 1.807) is 19.1 Å². The molecule has 5 nitrogen and oxygen atoms in total. The molecular weight excluding hydrogens is 264 g/mol. The summed E-state index contributed by atoms with van der Waals surface area (Å²) in [5.74, 6) is -0.533. The molecule has 106 valence electrons. The molecule has 0 aliphatic heterocycles. The van der Waals surface area contributed by atoms with Crippen molar-refractivity contribution >= 4 is 23.2 Å². The maximum Gasteiger partial charge on any atom is 0.345 e. The highest BCUT2D eigenvalue weighted by Gasteiger charge is 2.13. The Labute approximate surface area is 117 Å². The Balaban J connectivity index is 2.38. The fourth-order valence-electron chi connectivity index (χ4n) is 1.39. The van der Waals surface area contributed by atoms with Crippen LogP contribution in [0.25, 0.3) is 0 Å². The van der Waals surface area contributed by atoms with Gasteiger partial charge in [0.25, 0.3) is 0 Å². The predicted octanol–water partition coefficient (Wildman–Crippen LogP) is 1.70. The summed E-state index contributed by atoms with van der Waals surface area (Å²) in [6.45, 7) is 7.03. The molecule has 1 heterocycles. The molecule has 1 aromatic rings. The van der Waals surface area contributed by atoms with E-state index in [0.29, 0.717) is 23.9 Å². The van der Waals surface area contributed by atoms with E-state index >= 15 is 0 Å². The molecule has 1 unspecified atom stereocenters. The van der Waals surface area contributed by atoms with E-state index in [1.165, 1.54) is 11.3 Å². The van der Waals surface area contributed by atoms with Crippen molar-refractivity contribution in [1.82, 2.24) is 10.6 Å². The van der Waals surface area contributed by atoms with Crippen LogP contribution in [-0.4, -0.2) is 29.6 Å². The van der Waals surface area contributed by atoms with Crippen LogP contribution in [0.3, 0.4) is 0 Å². The Bertz CT molecular complexity index is 443. The summed E-state index contributed by atoms with van der Waals surface area (Å²) in [4.78, 5) is 23.7. The molecule has 0 aromatic carbocycles. The minimum Gasteiger partial charge on any atom is -0.477 e. The first-order valence-electron chi connectivity index (χ1n) is 6.23. The third-order valence-corrected chi connectivity index (χ3v) is 3.61. The molecule has 1 amide bonds.